The summed E-state index contributed by atoms with van der Waals surface area (Å²) in [7, 11) is 0. The van der Waals surface area contributed by atoms with Gasteiger partial charge in [0, 0.05) is 12.6 Å². The summed E-state index contributed by atoms with van der Waals surface area (Å²) in [4.78, 5) is 15.0. The van der Waals surface area contributed by atoms with E-state index < -0.39 is 11.7 Å². The van der Waals surface area contributed by atoms with Gasteiger partial charge in [0.2, 0.25) is 5.91 Å². The minimum absolute atomic E-state index is 0.0452. The largest absolute Gasteiger partial charge is 0.417 e. The lowest BCUT2D eigenvalue weighted by Crippen LogP contribution is -2.14. The number of amides is 1. The van der Waals surface area contributed by atoms with Crippen LogP contribution >= 0.6 is 11.6 Å². The molecule has 0 aliphatic heterocycles. The molecule has 0 spiro atoms. The molecule has 1 heterocycles. The lowest BCUT2D eigenvalue weighted by molar-refractivity contribution is -0.137. The highest BCUT2D eigenvalue weighted by atomic mass is 35.5. The van der Waals surface area contributed by atoms with Crippen molar-refractivity contribution >= 4 is 23.3 Å². The summed E-state index contributed by atoms with van der Waals surface area (Å²) < 4.78 is 37.1. The SMILES string of the molecule is CCCCCC(=O)Nc1ncc(C(F)(F)F)cc1Cl. The summed E-state index contributed by atoms with van der Waals surface area (Å²) in [5, 5.41) is 2.17. The van der Waals surface area contributed by atoms with Crippen molar-refractivity contribution in [2.45, 2.75) is 38.8 Å². The van der Waals surface area contributed by atoms with Crippen molar-refractivity contribution < 1.29 is 18.0 Å². The summed E-state index contributed by atoms with van der Waals surface area (Å²) in [6.07, 6.45) is -0.935. The van der Waals surface area contributed by atoms with Crippen LogP contribution in [0.4, 0.5) is 19.0 Å². The van der Waals surface area contributed by atoms with E-state index in [1.807, 2.05) is 6.92 Å². The van der Waals surface area contributed by atoms with Crippen LogP contribution < -0.4 is 5.32 Å². The van der Waals surface area contributed by atoms with Crippen molar-refractivity contribution in [1.29, 1.82) is 0 Å². The Bertz CT molecular complexity index is 449. The molecule has 0 saturated heterocycles. The number of carbonyl (C=O) groups is 1. The molecule has 1 rings (SSSR count). The van der Waals surface area contributed by atoms with Crippen LogP contribution in [0, 0.1) is 0 Å². The van der Waals surface area contributed by atoms with Crippen molar-refractivity contribution in [3.05, 3.63) is 22.8 Å². The van der Waals surface area contributed by atoms with Gasteiger partial charge in [0.15, 0.2) is 5.82 Å². The Morgan fingerprint density at radius 1 is 1.42 bits per heavy atom. The number of hydrogen-bond acceptors (Lipinski definition) is 2. The maximum atomic E-state index is 12.4. The van der Waals surface area contributed by atoms with E-state index in [9.17, 15) is 18.0 Å². The summed E-state index contributed by atoms with van der Waals surface area (Å²) >= 11 is 5.66. The van der Waals surface area contributed by atoms with Gasteiger partial charge in [0.1, 0.15) is 0 Å². The topological polar surface area (TPSA) is 42.0 Å². The number of pyridine rings is 1. The van der Waals surface area contributed by atoms with Gasteiger partial charge in [-0.15, -0.1) is 0 Å². The minimum atomic E-state index is -4.50. The fourth-order valence-corrected chi connectivity index (χ4v) is 1.63. The maximum absolute atomic E-state index is 12.4. The van der Waals surface area contributed by atoms with Gasteiger partial charge in [-0.3, -0.25) is 4.79 Å². The van der Waals surface area contributed by atoms with Crippen molar-refractivity contribution in [1.82, 2.24) is 4.98 Å². The third-order valence-electron chi connectivity index (χ3n) is 2.43. The molecule has 106 valence electrons. The second kappa shape index (κ2) is 6.75. The first-order valence-corrected chi connectivity index (χ1v) is 6.25. The molecule has 19 heavy (non-hydrogen) atoms. The zero-order valence-corrected chi connectivity index (χ0v) is 11.1. The molecule has 3 nitrogen and oxygen atoms in total. The van der Waals surface area contributed by atoms with E-state index in [2.05, 4.69) is 10.3 Å². The second-order valence-electron chi connectivity index (χ2n) is 4.06. The van der Waals surface area contributed by atoms with Crippen LogP contribution in [-0.4, -0.2) is 10.9 Å². The molecule has 0 saturated carbocycles. The smallest absolute Gasteiger partial charge is 0.309 e. The number of nitrogens with zero attached hydrogens (tertiary/aromatic N) is 1. The van der Waals surface area contributed by atoms with E-state index in [-0.39, 0.29) is 16.7 Å². The molecule has 1 aromatic rings. The van der Waals surface area contributed by atoms with Gasteiger partial charge >= 0.3 is 6.18 Å². The third-order valence-corrected chi connectivity index (χ3v) is 2.72. The normalized spacial score (nSPS) is 11.4. The molecule has 0 aliphatic carbocycles. The third kappa shape index (κ3) is 5.06. The number of rotatable bonds is 5. The van der Waals surface area contributed by atoms with Crippen LogP contribution in [0.2, 0.25) is 5.02 Å². The number of unbranched alkanes of at least 4 members (excludes halogenated alkanes) is 2. The fraction of sp³-hybridized carbons (Fsp3) is 0.500. The number of alkyl halides is 3. The van der Waals surface area contributed by atoms with E-state index in [0.717, 1.165) is 25.3 Å². The number of aromatic nitrogens is 1. The van der Waals surface area contributed by atoms with E-state index in [0.29, 0.717) is 12.6 Å². The van der Waals surface area contributed by atoms with Gasteiger partial charge in [-0.25, -0.2) is 4.98 Å². The van der Waals surface area contributed by atoms with Gasteiger partial charge in [-0.1, -0.05) is 31.4 Å². The predicted molar refractivity (Wildman–Crippen MR) is 67.0 cm³/mol. The lowest BCUT2D eigenvalue weighted by atomic mass is 10.2. The fourth-order valence-electron chi connectivity index (χ4n) is 1.42. The highest BCUT2D eigenvalue weighted by Gasteiger charge is 2.31. The Hall–Kier alpha value is -1.30. The lowest BCUT2D eigenvalue weighted by Gasteiger charge is -2.10. The quantitative estimate of drug-likeness (QED) is 0.824. The molecule has 0 atom stereocenters. The highest BCUT2D eigenvalue weighted by molar-refractivity contribution is 6.33. The Morgan fingerprint density at radius 2 is 2.11 bits per heavy atom. The number of anilines is 1. The van der Waals surface area contributed by atoms with E-state index in [1.54, 1.807) is 0 Å². The van der Waals surface area contributed by atoms with Gasteiger partial charge in [-0.05, 0) is 12.5 Å². The Balaban J connectivity index is 2.67. The number of nitrogens with one attached hydrogen (secondary N) is 1. The molecule has 0 aromatic carbocycles. The van der Waals surface area contributed by atoms with Crippen LogP contribution in [0.25, 0.3) is 0 Å². The molecular weight excluding hydrogens is 281 g/mol. The molecule has 0 fully saturated rings. The molecular formula is C12H14ClF3N2O. The first-order valence-electron chi connectivity index (χ1n) is 5.87. The molecule has 1 aromatic heterocycles. The summed E-state index contributed by atoms with van der Waals surface area (Å²) in [6.45, 7) is 2.01. The van der Waals surface area contributed by atoms with E-state index >= 15 is 0 Å². The van der Waals surface area contributed by atoms with Crippen molar-refractivity contribution in [2.24, 2.45) is 0 Å². The number of hydrogen-bond donors (Lipinski definition) is 1. The average molecular weight is 295 g/mol. The zero-order valence-electron chi connectivity index (χ0n) is 10.4. The van der Waals surface area contributed by atoms with Crippen LogP contribution in [0.1, 0.15) is 38.2 Å². The molecule has 0 bridgehead atoms. The first kappa shape index (κ1) is 15.8. The zero-order chi connectivity index (χ0) is 14.5. The van der Waals surface area contributed by atoms with Gasteiger partial charge in [-0.2, -0.15) is 13.2 Å². The Labute approximate surface area is 114 Å². The number of carbonyl (C=O) groups excluding carboxylic acids is 1. The Morgan fingerprint density at radius 3 is 2.63 bits per heavy atom. The molecule has 1 amide bonds. The van der Waals surface area contributed by atoms with E-state index in [4.69, 9.17) is 11.6 Å². The molecule has 0 unspecified atom stereocenters. The maximum Gasteiger partial charge on any atom is 0.417 e. The van der Waals surface area contributed by atoms with Crippen molar-refractivity contribution in [3.63, 3.8) is 0 Å². The first-order chi connectivity index (χ1) is 8.84. The van der Waals surface area contributed by atoms with Crippen LogP contribution in [0.3, 0.4) is 0 Å². The van der Waals surface area contributed by atoms with Gasteiger partial charge < -0.3 is 5.32 Å². The average Bonchev–Trinajstić information content (AvgIpc) is 2.31. The second-order valence-corrected chi connectivity index (χ2v) is 4.46. The summed E-state index contributed by atoms with van der Waals surface area (Å²) in [5.41, 5.74) is -0.943. The molecule has 1 N–H and O–H groups in total. The molecule has 7 heteroatoms. The highest BCUT2D eigenvalue weighted by Crippen LogP contribution is 2.32. The monoisotopic (exact) mass is 294 g/mol. The van der Waals surface area contributed by atoms with Crippen LogP contribution in [-0.2, 0) is 11.0 Å². The summed E-state index contributed by atoms with van der Waals surface area (Å²) in [5.74, 6) is -0.348. The molecule has 0 aliphatic rings. The predicted octanol–water partition coefficient (Wildman–Crippen LogP) is 4.27. The van der Waals surface area contributed by atoms with Crippen molar-refractivity contribution in [3.8, 4) is 0 Å². The summed E-state index contributed by atoms with van der Waals surface area (Å²) in [6, 6.07) is 0.746. The number of halogens is 4. The van der Waals surface area contributed by atoms with E-state index in [1.165, 1.54) is 0 Å². The minimum Gasteiger partial charge on any atom is -0.309 e. The molecule has 0 radical (unpaired) electrons. The van der Waals surface area contributed by atoms with Crippen LogP contribution in [0.15, 0.2) is 12.3 Å². The standard InChI is InChI=1S/C12H14ClF3N2O/c1-2-3-4-5-10(19)18-11-9(13)6-8(7-17-11)12(14,15)16/h6-7H,2-5H2,1H3,(H,17,18,19). The van der Waals surface area contributed by atoms with Crippen LogP contribution in [0.5, 0.6) is 0 Å². The van der Waals surface area contributed by atoms with Gasteiger partial charge in [0.25, 0.3) is 0 Å². The Kier molecular flexibility index (Phi) is 5.60. The van der Waals surface area contributed by atoms with Crippen molar-refractivity contribution in [2.75, 3.05) is 5.32 Å². The van der Waals surface area contributed by atoms with Gasteiger partial charge in [0.05, 0.1) is 10.6 Å².